The van der Waals surface area contributed by atoms with E-state index in [0.29, 0.717) is 18.9 Å². The number of carbonyl (C=O) groups excluding carboxylic acids is 1. The second-order valence-electron chi connectivity index (χ2n) is 5.69. The topological polar surface area (TPSA) is 87.7 Å². The molecule has 0 bridgehead atoms. The molecule has 1 heterocycles. The van der Waals surface area contributed by atoms with Gasteiger partial charge in [-0.15, -0.1) is 0 Å². The van der Waals surface area contributed by atoms with E-state index in [1.165, 1.54) is 12.1 Å². The van der Waals surface area contributed by atoms with Crippen LogP contribution in [0.1, 0.15) is 20.3 Å². The average Bonchev–Trinajstić information content (AvgIpc) is 2.56. The predicted molar refractivity (Wildman–Crippen MR) is 91.5 cm³/mol. The van der Waals surface area contributed by atoms with Gasteiger partial charge in [0.15, 0.2) is 0 Å². The van der Waals surface area contributed by atoms with Crippen molar-refractivity contribution in [3.05, 3.63) is 24.3 Å². The summed E-state index contributed by atoms with van der Waals surface area (Å²) >= 11 is 0. The molecule has 1 aromatic rings. The highest BCUT2D eigenvalue weighted by Crippen LogP contribution is 2.15. The van der Waals surface area contributed by atoms with Crippen LogP contribution in [0.4, 0.5) is 0 Å². The van der Waals surface area contributed by atoms with E-state index >= 15 is 0 Å². The van der Waals surface area contributed by atoms with Crippen LogP contribution in [0.5, 0.6) is 5.75 Å². The molecule has 1 atom stereocenters. The fourth-order valence-electron chi connectivity index (χ4n) is 2.61. The van der Waals surface area contributed by atoms with Gasteiger partial charge in [-0.2, -0.15) is 0 Å². The Morgan fingerprint density at radius 1 is 1.38 bits per heavy atom. The number of ether oxygens (including phenoxy) is 1. The van der Waals surface area contributed by atoms with Gasteiger partial charge in [-0.25, -0.2) is 13.1 Å². The number of hydrogen-bond acceptors (Lipinski definition) is 5. The lowest BCUT2D eigenvalue weighted by molar-refractivity contribution is -0.133. The Hall–Kier alpha value is -1.64. The van der Waals surface area contributed by atoms with Crippen LogP contribution in [0.15, 0.2) is 29.2 Å². The van der Waals surface area contributed by atoms with E-state index < -0.39 is 10.0 Å². The number of rotatable bonds is 7. The number of carbonyl (C=O) groups is 1. The van der Waals surface area contributed by atoms with Gasteiger partial charge in [0.2, 0.25) is 15.9 Å². The van der Waals surface area contributed by atoms with Crippen molar-refractivity contribution in [1.29, 1.82) is 0 Å². The summed E-state index contributed by atoms with van der Waals surface area (Å²) in [4.78, 5) is 14.1. The van der Waals surface area contributed by atoms with E-state index in [1.54, 1.807) is 17.0 Å². The minimum absolute atomic E-state index is 0.0293. The van der Waals surface area contributed by atoms with E-state index in [-0.39, 0.29) is 29.8 Å². The third-order valence-electron chi connectivity index (χ3n) is 3.90. The SMILES string of the molecule is CCOc1ccc(S(=O)(=O)NCCC(=O)N2CCNC[C@H]2C)cc1. The smallest absolute Gasteiger partial charge is 0.240 e. The van der Waals surface area contributed by atoms with Crippen LogP contribution in [0, 0.1) is 0 Å². The number of piperazine rings is 1. The first-order valence-electron chi connectivity index (χ1n) is 8.16. The lowest BCUT2D eigenvalue weighted by Gasteiger charge is -2.34. The van der Waals surface area contributed by atoms with Crippen LogP contribution in [0.2, 0.25) is 0 Å². The molecule has 1 saturated heterocycles. The molecule has 24 heavy (non-hydrogen) atoms. The highest BCUT2D eigenvalue weighted by molar-refractivity contribution is 7.89. The van der Waals surface area contributed by atoms with Gasteiger partial charge < -0.3 is 15.0 Å². The molecular weight excluding hydrogens is 330 g/mol. The molecule has 2 rings (SSSR count). The lowest BCUT2D eigenvalue weighted by Crippen LogP contribution is -2.52. The highest BCUT2D eigenvalue weighted by Gasteiger charge is 2.23. The molecule has 0 aliphatic carbocycles. The third-order valence-corrected chi connectivity index (χ3v) is 5.37. The van der Waals surface area contributed by atoms with Crippen LogP contribution in [-0.2, 0) is 14.8 Å². The van der Waals surface area contributed by atoms with Crippen molar-refractivity contribution >= 4 is 15.9 Å². The molecule has 134 valence electrons. The first-order valence-corrected chi connectivity index (χ1v) is 9.65. The summed E-state index contributed by atoms with van der Waals surface area (Å²) in [5.41, 5.74) is 0. The maximum atomic E-state index is 12.2. The highest BCUT2D eigenvalue weighted by atomic mass is 32.2. The Morgan fingerprint density at radius 2 is 2.08 bits per heavy atom. The van der Waals surface area contributed by atoms with Gasteiger partial charge in [0.25, 0.3) is 0 Å². The van der Waals surface area contributed by atoms with Crippen LogP contribution in [-0.4, -0.2) is 58.1 Å². The number of hydrogen-bond donors (Lipinski definition) is 2. The number of benzene rings is 1. The average molecular weight is 355 g/mol. The quantitative estimate of drug-likeness (QED) is 0.747. The molecule has 1 aliphatic rings. The Kier molecular flexibility index (Phi) is 6.59. The number of nitrogens with zero attached hydrogens (tertiary/aromatic N) is 1. The molecule has 7 nitrogen and oxygen atoms in total. The summed E-state index contributed by atoms with van der Waals surface area (Å²) in [6.07, 6.45) is 0.153. The molecule has 0 radical (unpaired) electrons. The number of sulfonamides is 1. The summed E-state index contributed by atoms with van der Waals surface area (Å²) in [5.74, 6) is 0.595. The summed E-state index contributed by atoms with van der Waals surface area (Å²) in [6, 6.07) is 6.35. The normalized spacial score (nSPS) is 18.4. The lowest BCUT2D eigenvalue weighted by atomic mass is 10.2. The van der Waals surface area contributed by atoms with Crippen molar-refractivity contribution in [2.24, 2.45) is 0 Å². The van der Waals surface area contributed by atoms with E-state index in [1.807, 2.05) is 13.8 Å². The van der Waals surface area contributed by atoms with Gasteiger partial charge in [0.1, 0.15) is 5.75 Å². The monoisotopic (exact) mass is 355 g/mol. The number of nitrogens with one attached hydrogen (secondary N) is 2. The zero-order chi connectivity index (χ0) is 17.6. The van der Waals surface area contributed by atoms with Gasteiger partial charge in [-0.1, -0.05) is 0 Å². The van der Waals surface area contributed by atoms with Crippen molar-refractivity contribution in [3.63, 3.8) is 0 Å². The summed E-state index contributed by atoms with van der Waals surface area (Å²) in [7, 11) is -3.62. The van der Waals surface area contributed by atoms with Crippen LogP contribution in [0.3, 0.4) is 0 Å². The first kappa shape index (κ1) is 18.7. The Balaban J connectivity index is 1.87. The fraction of sp³-hybridized carbons (Fsp3) is 0.562. The molecule has 0 spiro atoms. The van der Waals surface area contributed by atoms with Crippen molar-refractivity contribution in [1.82, 2.24) is 14.9 Å². The predicted octanol–water partition coefficient (Wildman–Crippen LogP) is 0.574. The zero-order valence-corrected chi connectivity index (χ0v) is 14.9. The van der Waals surface area contributed by atoms with E-state index in [4.69, 9.17) is 4.74 Å². The molecule has 1 fully saturated rings. The molecule has 0 saturated carbocycles. The largest absolute Gasteiger partial charge is 0.494 e. The van der Waals surface area contributed by atoms with E-state index in [2.05, 4.69) is 10.0 Å². The third kappa shape index (κ3) is 4.93. The first-order chi connectivity index (χ1) is 11.4. The second kappa shape index (κ2) is 8.46. The van der Waals surface area contributed by atoms with Crippen molar-refractivity contribution < 1.29 is 17.9 Å². The molecule has 1 aliphatic heterocycles. The molecule has 1 aromatic carbocycles. The van der Waals surface area contributed by atoms with Crippen LogP contribution < -0.4 is 14.8 Å². The maximum absolute atomic E-state index is 12.2. The summed E-state index contributed by atoms with van der Waals surface area (Å²) in [6.45, 7) is 6.65. The minimum atomic E-state index is -3.62. The minimum Gasteiger partial charge on any atom is -0.494 e. The maximum Gasteiger partial charge on any atom is 0.240 e. The van der Waals surface area contributed by atoms with E-state index in [0.717, 1.165) is 13.1 Å². The molecule has 8 heteroatoms. The molecule has 0 aromatic heterocycles. The summed E-state index contributed by atoms with van der Waals surface area (Å²) < 4.78 is 32.2. The van der Waals surface area contributed by atoms with Crippen molar-refractivity contribution in [2.45, 2.75) is 31.2 Å². The molecular formula is C16H25N3O4S. The second-order valence-corrected chi connectivity index (χ2v) is 7.46. The Bertz CT molecular complexity index is 646. The van der Waals surface area contributed by atoms with Crippen molar-refractivity contribution in [3.8, 4) is 5.75 Å². The van der Waals surface area contributed by atoms with Crippen molar-refractivity contribution in [2.75, 3.05) is 32.8 Å². The Labute approximate surface area is 143 Å². The van der Waals surface area contributed by atoms with Gasteiger partial charge in [0, 0.05) is 38.6 Å². The zero-order valence-electron chi connectivity index (χ0n) is 14.1. The summed E-state index contributed by atoms with van der Waals surface area (Å²) in [5, 5.41) is 3.22. The standard InChI is InChI=1S/C16H25N3O4S/c1-3-23-14-4-6-15(7-5-14)24(21,22)18-9-8-16(20)19-11-10-17-12-13(19)2/h4-7,13,17-18H,3,8-12H2,1-2H3/t13-/m1/s1. The van der Waals surface area contributed by atoms with Gasteiger partial charge in [0.05, 0.1) is 11.5 Å². The van der Waals surface area contributed by atoms with Gasteiger partial charge in [-0.05, 0) is 38.1 Å². The van der Waals surface area contributed by atoms with E-state index in [9.17, 15) is 13.2 Å². The van der Waals surface area contributed by atoms with Gasteiger partial charge in [-0.3, -0.25) is 4.79 Å². The fourth-order valence-corrected chi connectivity index (χ4v) is 3.64. The molecule has 0 unspecified atom stereocenters. The molecule has 2 N–H and O–H groups in total. The van der Waals surface area contributed by atoms with Crippen LogP contribution in [0.25, 0.3) is 0 Å². The van der Waals surface area contributed by atoms with Gasteiger partial charge >= 0.3 is 0 Å². The number of amides is 1. The van der Waals surface area contributed by atoms with Crippen LogP contribution >= 0.6 is 0 Å². The molecule has 1 amide bonds. The Morgan fingerprint density at radius 3 is 2.71 bits per heavy atom.